The van der Waals surface area contributed by atoms with Gasteiger partial charge in [-0.25, -0.2) is 0 Å². The number of ketones is 1. The molecule has 2 aromatic rings. The van der Waals surface area contributed by atoms with Crippen molar-refractivity contribution in [3.8, 4) is 0 Å². The van der Waals surface area contributed by atoms with Crippen LogP contribution < -0.4 is 0 Å². The van der Waals surface area contributed by atoms with Gasteiger partial charge in [-0.3, -0.25) is 4.79 Å². The summed E-state index contributed by atoms with van der Waals surface area (Å²) in [4.78, 5) is 12.5. The quantitative estimate of drug-likeness (QED) is 0.733. The van der Waals surface area contributed by atoms with Crippen LogP contribution in [0.5, 0.6) is 0 Å². The summed E-state index contributed by atoms with van der Waals surface area (Å²) in [5.41, 5.74) is 5.06. The number of benzene rings is 2. The lowest BCUT2D eigenvalue weighted by atomic mass is 9.96. The molecule has 19 heavy (non-hydrogen) atoms. The molecule has 0 aliphatic heterocycles. The zero-order valence-corrected chi connectivity index (χ0v) is 11.9. The second-order valence-corrected chi connectivity index (χ2v) is 5.10. The minimum absolute atomic E-state index is 0.121. The molecule has 0 spiro atoms. The van der Waals surface area contributed by atoms with E-state index in [0.717, 1.165) is 29.5 Å². The Morgan fingerprint density at radius 1 is 1.05 bits per heavy atom. The van der Waals surface area contributed by atoms with Gasteiger partial charge in [0.25, 0.3) is 0 Å². The van der Waals surface area contributed by atoms with Gasteiger partial charge < -0.3 is 0 Å². The van der Waals surface area contributed by atoms with E-state index in [-0.39, 0.29) is 5.78 Å². The van der Waals surface area contributed by atoms with E-state index in [0.29, 0.717) is 0 Å². The summed E-state index contributed by atoms with van der Waals surface area (Å²) in [6.07, 6.45) is 2.12. The number of carbonyl (C=O) groups is 1. The number of carbonyl (C=O) groups excluding carboxylic acids is 1. The Morgan fingerprint density at radius 2 is 1.84 bits per heavy atom. The van der Waals surface area contributed by atoms with E-state index < -0.39 is 0 Å². The summed E-state index contributed by atoms with van der Waals surface area (Å²) < 4.78 is 0. The molecule has 2 aromatic carbocycles. The fourth-order valence-electron chi connectivity index (χ4n) is 2.38. The lowest BCUT2D eigenvalue weighted by Crippen LogP contribution is -2.04. The average molecular weight is 252 g/mol. The number of hydrogen-bond donors (Lipinski definition) is 0. The van der Waals surface area contributed by atoms with Gasteiger partial charge in [0.2, 0.25) is 0 Å². The Morgan fingerprint density at radius 3 is 2.53 bits per heavy atom. The SMILES string of the molecule is CCCc1cccc(C(=O)c2ccc(C)cc2C)c1. The van der Waals surface area contributed by atoms with Gasteiger partial charge in [-0.2, -0.15) is 0 Å². The zero-order chi connectivity index (χ0) is 13.8. The first-order valence-electron chi connectivity index (χ1n) is 6.82. The first-order chi connectivity index (χ1) is 9.11. The van der Waals surface area contributed by atoms with E-state index in [1.165, 1.54) is 11.1 Å². The predicted molar refractivity (Wildman–Crippen MR) is 79.8 cm³/mol. The van der Waals surface area contributed by atoms with Gasteiger partial charge >= 0.3 is 0 Å². The summed E-state index contributed by atoms with van der Waals surface area (Å²) in [5.74, 6) is 0.121. The normalized spacial score (nSPS) is 10.5. The van der Waals surface area contributed by atoms with Crippen LogP contribution in [0.1, 0.15) is 46.0 Å². The molecule has 0 aromatic heterocycles. The molecule has 0 amide bonds. The third-order valence-corrected chi connectivity index (χ3v) is 3.35. The second-order valence-electron chi connectivity index (χ2n) is 5.10. The van der Waals surface area contributed by atoms with Crippen LogP contribution in [0.2, 0.25) is 0 Å². The lowest BCUT2D eigenvalue weighted by molar-refractivity contribution is 0.103. The van der Waals surface area contributed by atoms with Crippen LogP contribution in [0.25, 0.3) is 0 Å². The Bertz CT molecular complexity index is 596. The first kappa shape index (κ1) is 13.5. The van der Waals surface area contributed by atoms with Gasteiger partial charge in [0.15, 0.2) is 5.78 Å². The van der Waals surface area contributed by atoms with E-state index in [1.54, 1.807) is 0 Å². The van der Waals surface area contributed by atoms with Crippen molar-refractivity contribution in [1.82, 2.24) is 0 Å². The van der Waals surface area contributed by atoms with Gasteiger partial charge in [-0.05, 0) is 37.5 Å². The third kappa shape index (κ3) is 3.11. The van der Waals surface area contributed by atoms with Crippen LogP contribution in [0.15, 0.2) is 42.5 Å². The zero-order valence-electron chi connectivity index (χ0n) is 11.9. The van der Waals surface area contributed by atoms with Crippen molar-refractivity contribution in [1.29, 1.82) is 0 Å². The van der Waals surface area contributed by atoms with Crippen LogP contribution in [-0.2, 0) is 6.42 Å². The van der Waals surface area contributed by atoms with Crippen molar-refractivity contribution in [2.75, 3.05) is 0 Å². The van der Waals surface area contributed by atoms with E-state index in [2.05, 4.69) is 19.1 Å². The van der Waals surface area contributed by atoms with Crippen molar-refractivity contribution >= 4 is 5.78 Å². The summed E-state index contributed by atoms with van der Waals surface area (Å²) in [6, 6.07) is 14.0. The Labute approximate surface area is 115 Å². The van der Waals surface area contributed by atoms with Crippen molar-refractivity contribution in [3.05, 3.63) is 70.3 Å². The van der Waals surface area contributed by atoms with Crippen molar-refractivity contribution in [2.45, 2.75) is 33.6 Å². The van der Waals surface area contributed by atoms with Crippen LogP contribution >= 0.6 is 0 Å². The molecule has 0 fully saturated rings. The Balaban J connectivity index is 2.35. The molecule has 0 aliphatic rings. The standard InChI is InChI=1S/C18H20O/c1-4-6-15-7-5-8-16(12-15)18(19)17-10-9-13(2)11-14(17)3/h5,7-12H,4,6H2,1-3H3. The molecule has 0 saturated heterocycles. The summed E-state index contributed by atoms with van der Waals surface area (Å²) in [5, 5.41) is 0. The van der Waals surface area contributed by atoms with Gasteiger partial charge in [-0.1, -0.05) is 55.3 Å². The molecule has 0 aliphatic carbocycles. The highest BCUT2D eigenvalue weighted by molar-refractivity contribution is 6.10. The van der Waals surface area contributed by atoms with Crippen LogP contribution in [0.3, 0.4) is 0 Å². The molecule has 2 rings (SSSR count). The number of aryl methyl sites for hydroxylation is 3. The highest BCUT2D eigenvalue weighted by atomic mass is 16.1. The Kier molecular flexibility index (Phi) is 4.16. The minimum Gasteiger partial charge on any atom is -0.289 e. The molecule has 98 valence electrons. The van der Waals surface area contributed by atoms with Crippen molar-refractivity contribution < 1.29 is 4.79 Å². The fraction of sp³-hybridized carbons (Fsp3) is 0.278. The van der Waals surface area contributed by atoms with Gasteiger partial charge in [0.1, 0.15) is 0 Å². The van der Waals surface area contributed by atoms with E-state index in [1.807, 2.05) is 44.2 Å². The molecular formula is C18H20O. The van der Waals surface area contributed by atoms with Crippen LogP contribution in [0.4, 0.5) is 0 Å². The molecule has 1 heteroatoms. The molecule has 0 radical (unpaired) electrons. The highest BCUT2D eigenvalue weighted by Gasteiger charge is 2.11. The highest BCUT2D eigenvalue weighted by Crippen LogP contribution is 2.17. The maximum absolute atomic E-state index is 12.5. The van der Waals surface area contributed by atoms with Crippen LogP contribution in [-0.4, -0.2) is 5.78 Å². The third-order valence-electron chi connectivity index (χ3n) is 3.35. The van der Waals surface area contributed by atoms with Crippen LogP contribution in [0, 0.1) is 13.8 Å². The monoisotopic (exact) mass is 252 g/mol. The second kappa shape index (κ2) is 5.83. The minimum atomic E-state index is 0.121. The topological polar surface area (TPSA) is 17.1 Å². The molecule has 0 heterocycles. The number of hydrogen-bond acceptors (Lipinski definition) is 1. The maximum atomic E-state index is 12.5. The van der Waals surface area contributed by atoms with E-state index in [9.17, 15) is 4.79 Å². The summed E-state index contributed by atoms with van der Waals surface area (Å²) in [6.45, 7) is 6.19. The molecule has 0 N–H and O–H groups in total. The Hall–Kier alpha value is -1.89. The van der Waals surface area contributed by atoms with Gasteiger partial charge in [-0.15, -0.1) is 0 Å². The molecular weight excluding hydrogens is 232 g/mol. The summed E-state index contributed by atoms with van der Waals surface area (Å²) >= 11 is 0. The smallest absolute Gasteiger partial charge is 0.193 e. The van der Waals surface area contributed by atoms with Crippen molar-refractivity contribution in [3.63, 3.8) is 0 Å². The molecule has 0 unspecified atom stereocenters. The largest absolute Gasteiger partial charge is 0.289 e. The maximum Gasteiger partial charge on any atom is 0.193 e. The van der Waals surface area contributed by atoms with Gasteiger partial charge in [0.05, 0.1) is 0 Å². The first-order valence-corrected chi connectivity index (χ1v) is 6.82. The predicted octanol–water partition coefficient (Wildman–Crippen LogP) is 4.49. The fourth-order valence-corrected chi connectivity index (χ4v) is 2.38. The average Bonchev–Trinajstić information content (AvgIpc) is 2.39. The molecule has 0 bridgehead atoms. The van der Waals surface area contributed by atoms with Gasteiger partial charge in [0, 0.05) is 11.1 Å². The van der Waals surface area contributed by atoms with E-state index >= 15 is 0 Å². The number of rotatable bonds is 4. The molecule has 0 atom stereocenters. The molecule has 1 nitrogen and oxygen atoms in total. The van der Waals surface area contributed by atoms with Crippen molar-refractivity contribution in [2.24, 2.45) is 0 Å². The van der Waals surface area contributed by atoms with E-state index in [4.69, 9.17) is 0 Å². The lowest BCUT2D eigenvalue weighted by Gasteiger charge is -2.07. The molecule has 0 saturated carbocycles. The summed E-state index contributed by atoms with van der Waals surface area (Å²) in [7, 11) is 0.